The number of Topliss-reactive ketones (excluding diaryl/α,β-unsaturated/α-hetero) is 1. The largest absolute Gasteiger partial charge is 0.299 e. The second kappa shape index (κ2) is 5.83. The fraction of sp³-hybridized carbons (Fsp3) is 0.533. The van der Waals surface area contributed by atoms with Crippen LogP contribution in [0.5, 0.6) is 0 Å². The van der Waals surface area contributed by atoms with Gasteiger partial charge in [-0.15, -0.1) is 0 Å². The van der Waals surface area contributed by atoms with Crippen molar-refractivity contribution in [1.29, 1.82) is 0 Å². The van der Waals surface area contributed by atoms with Crippen LogP contribution in [-0.2, 0) is 11.2 Å². The van der Waals surface area contributed by atoms with Crippen molar-refractivity contribution in [1.82, 2.24) is 0 Å². The highest BCUT2D eigenvalue weighted by Crippen LogP contribution is 2.26. The molecule has 0 aromatic heterocycles. The van der Waals surface area contributed by atoms with Crippen molar-refractivity contribution < 1.29 is 4.79 Å². The highest BCUT2D eigenvalue weighted by molar-refractivity contribution is 5.86. The molecule has 0 saturated heterocycles. The number of carbonyl (C=O) groups excluding carboxylic acids is 1. The van der Waals surface area contributed by atoms with Gasteiger partial charge in [-0.05, 0) is 12.0 Å². The molecule has 0 aliphatic carbocycles. The van der Waals surface area contributed by atoms with E-state index in [-0.39, 0.29) is 5.41 Å². The normalized spacial score (nSPS) is 11.4. The molecule has 0 amide bonds. The Hall–Kier alpha value is -1.11. The highest BCUT2D eigenvalue weighted by Gasteiger charge is 2.26. The van der Waals surface area contributed by atoms with Crippen LogP contribution in [0, 0.1) is 5.41 Å². The van der Waals surface area contributed by atoms with Crippen LogP contribution in [0.25, 0.3) is 0 Å². The smallest absolute Gasteiger partial charge is 0.142 e. The van der Waals surface area contributed by atoms with Gasteiger partial charge in [0.15, 0.2) is 0 Å². The summed E-state index contributed by atoms with van der Waals surface area (Å²) in [5.41, 5.74) is 0.948. The molecule has 0 radical (unpaired) electrons. The fourth-order valence-electron chi connectivity index (χ4n) is 1.78. The molecule has 1 nitrogen and oxygen atoms in total. The third-order valence-electron chi connectivity index (χ3n) is 3.12. The number of carbonyl (C=O) groups is 1. The summed E-state index contributed by atoms with van der Waals surface area (Å²) in [4.78, 5) is 12.1. The van der Waals surface area contributed by atoms with Crippen LogP contribution in [0.2, 0.25) is 0 Å². The maximum atomic E-state index is 12.1. The minimum Gasteiger partial charge on any atom is -0.299 e. The Balaban J connectivity index is 2.58. The van der Waals surface area contributed by atoms with Gasteiger partial charge < -0.3 is 0 Å². The first-order chi connectivity index (χ1) is 7.56. The molecule has 1 aromatic rings. The molecule has 0 atom stereocenters. The number of rotatable bonds is 6. The number of ketones is 1. The molecule has 0 unspecified atom stereocenters. The van der Waals surface area contributed by atoms with E-state index in [2.05, 4.69) is 20.8 Å². The zero-order valence-electron chi connectivity index (χ0n) is 10.6. The lowest BCUT2D eigenvalue weighted by Gasteiger charge is -2.22. The first-order valence-corrected chi connectivity index (χ1v) is 6.13. The lowest BCUT2D eigenvalue weighted by atomic mass is 9.80. The number of benzene rings is 1. The van der Waals surface area contributed by atoms with Crippen molar-refractivity contribution in [3.63, 3.8) is 0 Å². The van der Waals surface area contributed by atoms with Crippen LogP contribution in [0.15, 0.2) is 30.3 Å². The molecular formula is C15H22O. The molecule has 0 fully saturated rings. The van der Waals surface area contributed by atoms with E-state index in [1.165, 1.54) is 0 Å². The Morgan fingerprint density at radius 1 is 1.19 bits per heavy atom. The summed E-state index contributed by atoms with van der Waals surface area (Å²) < 4.78 is 0. The average Bonchev–Trinajstić information content (AvgIpc) is 2.28. The number of hydrogen-bond donors (Lipinski definition) is 0. The Labute approximate surface area is 98.9 Å². The molecule has 0 N–H and O–H groups in total. The van der Waals surface area contributed by atoms with E-state index in [0.717, 1.165) is 24.8 Å². The molecule has 0 spiro atoms. The van der Waals surface area contributed by atoms with E-state index < -0.39 is 0 Å². The number of unbranched alkanes of at least 4 members (excludes halogenated alkanes) is 1. The predicted octanol–water partition coefficient (Wildman–Crippen LogP) is 4.01. The quantitative estimate of drug-likeness (QED) is 0.705. The van der Waals surface area contributed by atoms with Crippen molar-refractivity contribution in [2.75, 3.05) is 0 Å². The second-order valence-electron chi connectivity index (χ2n) is 5.07. The third kappa shape index (κ3) is 3.80. The van der Waals surface area contributed by atoms with Crippen molar-refractivity contribution in [2.45, 2.75) is 46.5 Å². The van der Waals surface area contributed by atoms with Crippen molar-refractivity contribution in [3.05, 3.63) is 35.9 Å². The Morgan fingerprint density at radius 3 is 2.38 bits per heavy atom. The van der Waals surface area contributed by atoms with Crippen LogP contribution >= 0.6 is 0 Å². The van der Waals surface area contributed by atoms with Crippen LogP contribution in [0.4, 0.5) is 0 Å². The standard InChI is InChI=1S/C15H22O/c1-4-5-11-15(2,3)14(16)12-13-9-7-6-8-10-13/h6-10H,4-5,11-12H2,1-3H3. The minimum absolute atomic E-state index is 0.175. The Kier molecular flexibility index (Phi) is 4.72. The molecule has 0 aliphatic rings. The van der Waals surface area contributed by atoms with Crippen LogP contribution in [0.3, 0.4) is 0 Å². The van der Waals surface area contributed by atoms with E-state index in [1.807, 2.05) is 30.3 Å². The number of hydrogen-bond acceptors (Lipinski definition) is 1. The van der Waals surface area contributed by atoms with Gasteiger partial charge in [0.2, 0.25) is 0 Å². The zero-order chi connectivity index (χ0) is 12.0. The van der Waals surface area contributed by atoms with Gasteiger partial charge >= 0.3 is 0 Å². The molecule has 1 heteroatoms. The van der Waals surface area contributed by atoms with E-state index in [1.54, 1.807) is 0 Å². The zero-order valence-corrected chi connectivity index (χ0v) is 10.6. The predicted molar refractivity (Wildman–Crippen MR) is 68.5 cm³/mol. The summed E-state index contributed by atoms with van der Waals surface area (Å²) in [7, 11) is 0. The summed E-state index contributed by atoms with van der Waals surface area (Å²) in [6.07, 6.45) is 3.85. The van der Waals surface area contributed by atoms with Gasteiger partial charge in [0, 0.05) is 11.8 Å². The molecule has 1 rings (SSSR count). The van der Waals surface area contributed by atoms with Crippen LogP contribution in [-0.4, -0.2) is 5.78 Å². The van der Waals surface area contributed by atoms with Gasteiger partial charge in [0.05, 0.1) is 0 Å². The summed E-state index contributed by atoms with van der Waals surface area (Å²) in [5, 5.41) is 0. The first-order valence-electron chi connectivity index (χ1n) is 6.13. The Morgan fingerprint density at radius 2 is 1.81 bits per heavy atom. The van der Waals surface area contributed by atoms with E-state index in [4.69, 9.17) is 0 Å². The van der Waals surface area contributed by atoms with E-state index >= 15 is 0 Å². The summed E-state index contributed by atoms with van der Waals surface area (Å²) in [5.74, 6) is 0.354. The fourth-order valence-corrected chi connectivity index (χ4v) is 1.78. The van der Waals surface area contributed by atoms with E-state index in [9.17, 15) is 4.79 Å². The molecule has 0 heterocycles. The van der Waals surface area contributed by atoms with Gasteiger partial charge in [0.25, 0.3) is 0 Å². The van der Waals surface area contributed by atoms with Gasteiger partial charge in [-0.2, -0.15) is 0 Å². The molecule has 0 aliphatic heterocycles. The highest BCUT2D eigenvalue weighted by atomic mass is 16.1. The van der Waals surface area contributed by atoms with E-state index in [0.29, 0.717) is 12.2 Å². The summed E-state index contributed by atoms with van der Waals surface area (Å²) in [6.45, 7) is 6.29. The van der Waals surface area contributed by atoms with Gasteiger partial charge in [0.1, 0.15) is 5.78 Å². The maximum absolute atomic E-state index is 12.1. The molecule has 88 valence electrons. The molecular weight excluding hydrogens is 196 g/mol. The summed E-state index contributed by atoms with van der Waals surface area (Å²) in [6, 6.07) is 10.0. The molecule has 0 bridgehead atoms. The monoisotopic (exact) mass is 218 g/mol. The molecule has 16 heavy (non-hydrogen) atoms. The lowest BCUT2D eigenvalue weighted by molar-refractivity contribution is -0.126. The third-order valence-corrected chi connectivity index (χ3v) is 3.12. The first kappa shape index (κ1) is 13.0. The van der Waals surface area contributed by atoms with Gasteiger partial charge in [-0.25, -0.2) is 0 Å². The minimum atomic E-state index is -0.175. The average molecular weight is 218 g/mol. The molecule has 1 aromatic carbocycles. The topological polar surface area (TPSA) is 17.1 Å². The molecule has 0 saturated carbocycles. The lowest BCUT2D eigenvalue weighted by Crippen LogP contribution is -2.25. The van der Waals surface area contributed by atoms with Crippen LogP contribution < -0.4 is 0 Å². The van der Waals surface area contributed by atoms with Crippen molar-refractivity contribution in [3.8, 4) is 0 Å². The summed E-state index contributed by atoms with van der Waals surface area (Å²) >= 11 is 0. The maximum Gasteiger partial charge on any atom is 0.142 e. The second-order valence-corrected chi connectivity index (χ2v) is 5.07. The van der Waals surface area contributed by atoms with Crippen molar-refractivity contribution >= 4 is 5.78 Å². The van der Waals surface area contributed by atoms with Gasteiger partial charge in [-0.1, -0.05) is 63.9 Å². The van der Waals surface area contributed by atoms with Gasteiger partial charge in [-0.3, -0.25) is 4.79 Å². The Bertz CT molecular complexity index is 325. The SMILES string of the molecule is CCCCC(C)(C)C(=O)Cc1ccccc1. The van der Waals surface area contributed by atoms with Crippen LogP contribution in [0.1, 0.15) is 45.6 Å². The van der Waals surface area contributed by atoms with Crippen molar-refractivity contribution in [2.24, 2.45) is 5.41 Å².